The van der Waals surface area contributed by atoms with Crippen LogP contribution in [-0.4, -0.2) is 70.0 Å². The van der Waals surface area contributed by atoms with Crippen LogP contribution in [0.3, 0.4) is 0 Å². The van der Waals surface area contributed by atoms with Crippen LogP contribution in [0.4, 0.5) is 0 Å². The number of methoxy groups -OCH3 is 1. The first-order chi connectivity index (χ1) is 13.6. The second-order valence-corrected chi connectivity index (χ2v) is 6.87. The molecule has 0 atom stereocenters. The number of hydrogen-bond donors (Lipinski definition) is 0. The van der Waals surface area contributed by atoms with E-state index >= 15 is 0 Å². The van der Waals surface area contributed by atoms with Gasteiger partial charge in [0.2, 0.25) is 0 Å². The Hall–Kier alpha value is -2.78. The van der Waals surface area contributed by atoms with Gasteiger partial charge in [-0.25, -0.2) is 14.3 Å². The molecule has 0 aromatic carbocycles. The minimum Gasteiger partial charge on any atom is -0.465 e. The van der Waals surface area contributed by atoms with Crippen molar-refractivity contribution in [1.29, 1.82) is 0 Å². The average Bonchev–Trinajstić information content (AvgIpc) is 3.06. The maximum absolute atomic E-state index is 12.9. The van der Waals surface area contributed by atoms with E-state index in [0.29, 0.717) is 34.4 Å². The number of hydrogen-bond acceptors (Lipinski definition) is 7. The number of fused-ring (bicyclic) bond motifs is 3. The molecule has 0 unspecified atom stereocenters. The van der Waals surface area contributed by atoms with Gasteiger partial charge in [-0.3, -0.25) is 9.69 Å². The topological polar surface area (TPSA) is 91.0 Å². The van der Waals surface area contributed by atoms with Crippen LogP contribution >= 0.6 is 0 Å². The fourth-order valence-corrected chi connectivity index (χ4v) is 3.62. The molecular formula is C19H23N5O4. The summed E-state index contributed by atoms with van der Waals surface area (Å²) in [5, 5.41) is 4.86. The normalized spacial score (nSPS) is 15.4. The lowest BCUT2D eigenvalue weighted by Crippen LogP contribution is -2.37. The monoisotopic (exact) mass is 385 g/mol. The second kappa shape index (κ2) is 7.69. The lowest BCUT2D eigenvalue weighted by atomic mass is 10.2. The number of rotatable bonds is 5. The number of morpholine rings is 1. The van der Waals surface area contributed by atoms with E-state index in [-0.39, 0.29) is 5.56 Å². The number of pyridine rings is 1. The van der Waals surface area contributed by atoms with Gasteiger partial charge in [-0.15, -0.1) is 0 Å². The summed E-state index contributed by atoms with van der Waals surface area (Å²) in [6.45, 7) is 6.72. The zero-order chi connectivity index (χ0) is 19.7. The lowest BCUT2D eigenvalue weighted by Gasteiger charge is -2.26. The number of carbonyl (C=O) groups is 1. The van der Waals surface area contributed by atoms with E-state index in [1.54, 1.807) is 17.7 Å². The van der Waals surface area contributed by atoms with Crippen molar-refractivity contribution in [3.8, 4) is 0 Å². The van der Waals surface area contributed by atoms with Gasteiger partial charge in [0.05, 0.1) is 36.9 Å². The Balaban J connectivity index is 1.63. The predicted molar refractivity (Wildman–Crippen MR) is 103 cm³/mol. The van der Waals surface area contributed by atoms with Gasteiger partial charge in [0.1, 0.15) is 5.56 Å². The molecule has 3 aromatic rings. The van der Waals surface area contributed by atoms with Gasteiger partial charge < -0.3 is 14.0 Å². The van der Waals surface area contributed by atoms with Crippen LogP contribution in [0.1, 0.15) is 22.5 Å². The molecule has 0 aliphatic carbocycles. The van der Waals surface area contributed by atoms with Crippen molar-refractivity contribution in [2.45, 2.75) is 19.9 Å². The molecule has 1 aliphatic heterocycles. The van der Waals surface area contributed by atoms with Crippen LogP contribution in [-0.2, 0) is 16.0 Å². The molecule has 0 amide bonds. The molecule has 9 heteroatoms. The third-order valence-electron chi connectivity index (χ3n) is 5.13. The molecule has 28 heavy (non-hydrogen) atoms. The molecular weight excluding hydrogens is 362 g/mol. The van der Waals surface area contributed by atoms with Crippen molar-refractivity contribution in [2.24, 2.45) is 0 Å². The molecule has 4 rings (SSSR count). The molecule has 1 fully saturated rings. The molecule has 0 saturated carbocycles. The fraction of sp³-hybridized carbons (Fsp3) is 0.474. The van der Waals surface area contributed by atoms with Crippen LogP contribution < -0.4 is 5.56 Å². The summed E-state index contributed by atoms with van der Waals surface area (Å²) in [4.78, 5) is 31.6. The number of aryl methyl sites for hydroxylation is 2. The number of aromatic nitrogens is 4. The Bertz CT molecular complexity index is 1080. The van der Waals surface area contributed by atoms with Crippen LogP contribution in [0.25, 0.3) is 16.6 Å². The number of carbonyl (C=O) groups excluding carboxylic acids is 1. The van der Waals surface area contributed by atoms with Crippen molar-refractivity contribution < 1.29 is 14.3 Å². The second-order valence-electron chi connectivity index (χ2n) is 6.87. The highest BCUT2D eigenvalue weighted by Gasteiger charge is 2.21. The summed E-state index contributed by atoms with van der Waals surface area (Å²) in [6, 6.07) is 1.84. The van der Waals surface area contributed by atoms with Gasteiger partial charge in [-0.05, 0) is 19.4 Å². The smallest absolute Gasteiger partial charge is 0.343 e. The fourth-order valence-electron chi connectivity index (χ4n) is 3.62. The van der Waals surface area contributed by atoms with E-state index in [0.717, 1.165) is 39.3 Å². The molecule has 3 aromatic heterocycles. The van der Waals surface area contributed by atoms with Crippen LogP contribution in [0.2, 0.25) is 0 Å². The molecule has 148 valence electrons. The molecule has 0 bridgehead atoms. The Kier molecular flexibility index (Phi) is 5.10. The van der Waals surface area contributed by atoms with E-state index < -0.39 is 5.97 Å². The lowest BCUT2D eigenvalue weighted by molar-refractivity contribution is 0.0369. The average molecular weight is 385 g/mol. The molecule has 9 nitrogen and oxygen atoms in total. The maximum Gasteiger partial charge on any atom is 0.343 e. The Morgan fingerprint density at radius 2 is 2.07 bits per heavy atom. The zero-order valence-electron chi connectivity index (χ0n) is 16.1. The van der Waals surface area contributed by atoms with E-state index in [2.05, 4.69) is 15.0 Å². The summed E-state index contributed by atoms with van der Waals surface area (Å²) in [5.74, 6) is -0.490. The van der Waals surface area contributed by atoms with Crippen molar-refractivity contribution in [3.63, 3.8) is 0 Å². The minimum atomic E-state index is -0.490. The maximum atomic E-state index is 12.9. The third kappa shape index (κ3) is 3.27. The van der Waals surface area contributed by atoms with Gasteiger partial charge in [-0.2, -0.15) is 5.10 Å². The summed E-state index contributed by atoms with van der Waals surface area (Å²) in [5.41, 5.74) is 1.74. The van der Waals surface area contributed by atoms with Crippen LogP contribution in [0, 0.1) is 6.92 Å². The summed E-state index contributed by atoms with van der Waals surface area (Å²) >= 11 is 0. The first-order valence-corrected chi connectivity index (χ1v) is 9.36. The Morgan fingerprint density at radius 3 is 2.82 bits per heavy atom. The summed E-state index contributed by atoms with van der Waals surface area (Å²) in [6.07, 6.45) is 4.17. The van der Waals surface area contributed by atoms with E-state index in [4.69, 9.17) is 9.47 Å². The Labute approximate surface area is 161 Å². The van der Waals surface area contributed by atoms with Gasteiger partial charge in [0.25, 0.3) is 5.56 Å². The first kappa shape index (κ1) is 18.6. The number of nitrogens with zero attached hydrogens (tertiary/aromatic N) is 5. The largest absolute Gasteiger partial charge is 0.465 e. The van der Waals surface area contributed by atoms with Crippen LogP contribution in [0.5, 0.6) is 0 Å². The van der Waals surface area contributed by atoms with Crippen molar-refractivity contribution in [2.75, 3.05) is 40.0 Å². The van der Waals surface area contributed by atoms with Crippen molar-refractivity contribution in [1.82, 2.24) is 24.1 Å². The van der Waals surface area contributed by atoms with E-state index in [1.807, 2.05) is 6.07 Å². The summed E-state index contributed by atoms with van der Waals surface area (Å²) < 4.78 is 13.4. The van der Waals surface area contributed by atoms with Gasteiger partial charge in [0, 0.05) is 38.6 Å². The molecule has 1 saturated heterocycles. The molecule has 0 radical (unpaired) electrons. The number of esters is 1. The van der Waals surface area contributed by atoms with Gasteiger partial charge >= 0.3 is 5.97 Å². The molecule has 1 aliphatic rings. The standard InChI is InChI=1S/C19H23N5O4/c1-13-16(19(26)27-2)17-20-12-14-15(24(17)21-13)4-7-23(18(14)25)6-3-5-22-8-10-28-11-9-22/h4,7,12H,3,5-6,8-11H2,1-2H3. The predicted octanol–water partition coefficient (Wildman–Crippen LogP) is 0.862. The quantitative estimate of drug-likeness (QED) is 0.602. The molecule has 0 N–H and O–H groups in total. The zero-order valence-corrected chi connectivity index (χ0v) is 16.1. The molecule has 0 spiro atoms. The highest BCUT2D eigenvalue weighted by atomic mass is 16.5. The summed E-state index contributed by atoms with van der Waals surface area (Å²) in [7, 11) is 1.32. The van der Waals surface area contributed by atoms with Crippen molar-refractivity contribution in [3.05, 3.63) is 40.1 Å². The highest BCUT2D eigenvalue weighted by molar-refractivity contribution is 5.98. The highest BCUT2D eigenvalue weighted by Crippen LogP contribution is 2.18. The first-order valence-electron chi connectivity index (χ1n) is 9.36. The third-order valence-corrected chi connectivity index (χ3v) is 5.13. The van der Waals surface area contributed by atoms with Crippen molar-refractivity contribution >= 4 is 22.5 Å². The van der Waals surface area contributed by atoms with E-state index in [1.165, 1.54) is 17.8 Å². The van der Waals surface area contributed by atoms with Gasteiger partial charge in [-0.1, -0.05) is 0 Å². The SMILES string of the molecule is COC(=O)c1c(C)nn2c1ncc1c(=O)n(CCCN3CCOCC3)ccc12. The number of ether oxygens (including phenoxy) is 2. The van der Waals surface area contributed by atoms with Crippen LogP contribution in [0.15, 0.2) is 23.3 Å². The molecule has 4 heterocycles. The minimum absolute atomic E-state index is 0.110. The Morgan fingerprint density at radius 1 is 1.29 bits per heavy atom. The van der Waals surface area contributed by atoms with E-state index in [9.17, 15) is 9.59 Å². The van der Waals surface area contributed by atoms with Gasteiger partial charge in [0.15, 0.2) is 5.65 Å².